The molecule has 0 aliphatic heterocycles. The van der Waals surface area contributed by atoms with Gasteiger partial charge in [0.15, 0.2) is 0 Å². The van der Waals surface area contributed by atoms with E-state index in [1.807, 2.05) is 6.20 Å². The van der Waals surface area contributed by atoms with E-state index in [9.17, 15) is 0 Å². The number of aryl methyl sites for hydroxylation is 1. The molecule has 0 unspecified atom stereocenters. The molecular formula is C20H17BrN2S. The first-order valence-electron chi connectivity index (χ1n) is 7.88. The average molecular weight is 397 g/mol. The fraction of sp³-hybridized carbons (Fsp3) is 0.150. The number of benzene rings is 2. The van der Waals surface area contributed by atoms with Gasteiger partial charge < -0.3 is 4.57 Å². The molecular weight excluding hydrogens is 380 g/mol. The third kappa shape index (κ3) is 2.70. The van der Waals surface area contributed by atoms with Gasteiger partial charge in [-0.1, -0.05) is 48.0 Å². The summed E-state index contributed by atoms with van der Waals surface area (Å²) in [6.07, 6.45) is 1.88. The molecule has 0 spiro atoms. The molecule has 0 N–H and O–H groups in total. The van der Waals surface area contributed by atoms with Gasteiger partial charge in [0.1, 0.15) is 5.01 Å². The van der Waals surface area contributed by atoms with Crippen LogP contribution in [-0.2, 0) is 6.54 Å². The lowest BCUT2D eigenvalue weighted by molar-refractivity contribution is 0.805. The van der Waals surface area contributed by atoms with Crippen LogP contribution in [0.3, 0.4) is 0 Å². The standard InChI is InChI=1S/C20H17BrN2S/c1-13-6-5-7-15(10-13)12-23-14(2)19(20-22-11-18(21)24-20)16-8-3-4-9-17(16)23/h3-11H,12H2,1-2H3. The lowest BCUT2D eigenvalue weighted by Gasteiger charge is -2.09. The number of hydrogen-bond acceptors (Lipinski definition) is 2. The Morgan fingerprint density at radius 1 is 1.08 bits per heavy atom. The van der Waals surface area contributed by atoms with Crippen LogP contribution in [0.1, 0.15) is 16.8 Å². The zero-order valence-electron chi connectivity index (χ0n) is 13.6. The molecule has 2 heterocycles. The van der Waals surface area contributed by atoms with Gasteiger partial charge in [0.05, 0.1) is 9.98 Å². The minimum Gasteiger partial charge on any atom is -0.340 e. The van der Waals surface area contributed by atoms with Crippen LogP contribution in [0, 0.1) is 13.8 Å². The first-order chi connectivity index (χ1) is 11.6. The fourth-order valence-electron chi connectivity index (χ4n) is 3.27. The van der Waals surface area contributed by atoms with E-state index in [2.05, 4.69) is 87.9 Å². The molecule has 0 fully saturated rings. The third-order valence-corrected chi connectivity index (χ3v) is 5.84. The summed E-state index contributed by atoms with van der Waals surface area (Å²) >= 11 is 5.22. The molecule has 0 radical (unpaired) electrons. The van der Waals surface area contributed by atoms with Crippen molar-refractivity contribution < 1.29 is 0 Å². The van der Waals surface area contributed by atoms with Crippen LogP contribution < -0.4 is 0 Å². The van der Waals surface area contributed by atoms with Crippen molar-refractivity contribution in [1.29, 1.82) is 0 Å². The van der Waals surface area contributed by atoms with Crippen molar-refractivity contribution in [1.82, 2.24) is 9.55 Å². The van der Waals surface area contributed by atoms with Crippen LogP contribution in [0.5, 0.6) is 0 Å². The minimum atomic E-state index is 0.876. The number of thiazole rings is 1. The van der Waals surface area contributed by atoms with Gasteiger partial charge >= 0.3 is 0 Å². The molecule has 2 aromatic heterocycles. The van der Waals surface area contributed by atoms with Gasteiger partial charge in [-0.3, -0.25) is 0 Å². The van der Waals surface area contributed by atoms with Gasteiger partial charge in [0.2, 0.25) is 0 Å². The number of nitrogens with zero attached hydrogens (tertiary/aromatic N) is 2. The zero-order valence-corrected chi connectivity index (χ0v) is 16.0. The number of rotatable bonds is 3. The van der Waals surface area contributed by atoms with Crippen molar-refractivity contribution in [3.05, 3.63) is 75.3 Å². The molecule has 4 heteroatoms. The molecule has 4 rings (SSSR count). The quantitative estimate of drug-likeness (QED) is 0.403. The van der Waals surface area contributed by atoms with Crippen molar-refractivity contribution >= 4 is 38.2 Å². The van der Waals surface area contributed by atoms with Crippen molar-refractivity contribution in [3.8, 4) is 10.6 Å². The van der Waals surface area contributed by atoms with E-state index >= 15 is 0 Å². The van der Waals surface area contributed by atoms with Crippen molar-refractivity contribution in [2.24, 2.45) is 0 Å². The summed E-state index contributed by atoms with van der Waals surface area (Å²) in [5.74, 6) is 0. The van der Waals surface area contributed by atoms with E-state index in [-0.39, 0.29) is 0 Å². The van der Waals surface area contributed by atoms with Gasteiger partial charge in [-0.15, -0.1) is 11.3 Å². The number of hydrogen-bond donors (Lipinski definition) is 0. The monoisotopic (exact) mass is 396 g/mol. The molecule has 4 aromatic rings. The summed E-state index contributed by atoms with van der Waals surface area (Å²) in [6, 6.07) is 17.3. The highest BCUT2D eigenvalue weighted by Crippen LogP contribution is 2.38. The lowest BCUT2D eigenvalue weighted by atomic mass is 10.1. The maximum absolute atomic E-state index is 4.59. The van der Waals surface area contributed by atoms with Crippen LogP contribution in [0.4, 0.5) is 0 Å². The van der Waals surface area contributed by atoms with Gasteiger partial charge in [0, 0.05) is 28.7 Å². The van der Waals surface area contributed by atoms with Crippen molar-refractivity contribution in [2.45, 2.75) is 20.4 Å². The fourth-order valence-corrected chi connectivity index (χ4v) is 4.59. The molecule has 0 atom stereocenters. The summed E-state index contributed by atoms with van der Waals surface area (Å²) in [7, 11) is 0. The molecule has 2 aromatic carbocycles. The predicted octanol–water partition coefficient (Wildman–Crippen LogP) is 6.19. The Morgan fingerprint density at radius 3 is 2.67 bits per heavy atom. The summed E-state index contributed by atoms with van der Waals surface area (Å²) in [6.45, 7) is 5.21. The van der Waals surface area contributed by atoms with E-state index in [0.29, 0.717) is 0 Å². The van der Waals surface area contributed by atoms with Crippen LogP contribution in [0.25, 0.3) is 21.5 Å². The van der Waals surface area contributed by atoms with Gasteiger partial charge in [0.25, 0.3) is 0 Å². The first-order valence-corrected chi connectivity index (χ1v) is 9.49. The molecule has 0 saturated heterocycles. The largest absolute Gasteiger partial charge is 0.340 e. The highest BCUT2D eigenvalue weighted by atomic mass is 79.9. The minimum absolute atomic E-state index is 0.876. The second-order valence-electron chi connectivity index (χ2n) is 6.02. The molecule has 24 heavy (non-hydrogen) atoms. The van der Waals surface area contributed by atoms with Crippen LogP contribution in [0.2, 0.25) is 0 Å². The second kappa shape index (κ2) is 6.19. The van der Waals surface area contributed by atoms with E-state index in [0.717, 1.165) is 15.3 Å². The zero-order chi connectivity index (χ0) is 16.7. The Balaban J connectivity index is 1.91. The highest BCUT2D eigenvalue weighted by Gasteiger charge is 2.17. The smallest absolute Gasteiger partial charge is 0.126 e. The summed E-state index contributed by atoms with van der Waals surface area (Å²) in [5, 5.41) is 2.34. The number of fused-ring (bicyclic) bond motifs is 1. The van der Waals surface area contributed by atoms with E-state index in [1.54, 1.807) is 11.3 Å². The van der Waals surface area contributed by atoms with E-state index < -0.39 is 0 Å². The Kier molecular flexibility index (Phi) is 4.02. The number of para-hydroxylation sites is 1. The van der Waals surface area contributed by atoms with Crippen molar-refractivity contribution in [3.63, 3.8) is 0 Å². The number of halogens is 1. The maximum atomic E-state index is 4.59. The molecule has 0 bridgehead atoms. The van der Waals surface area contributed by atoms with Crippen LogP contribution >= 0.6 is 27.3 Å². The Bertz CT molecular complexity index is 1030. The third-order valence-electron chi connectivity index (χ3n) is 4.35. The summed E-state index contributed by atoms with van der Waals surface area (Å²) in [4.78, 5) is 4.59. The Morgan fingerprint density at radius 2 is 1.92 bits per heavy atom. The molecule has 0 aliphatic rings. The van der Waals surface area contributed by atoms with Crippen LogP contribution in [0.15, 0.2) is 58.5 Å². The molecule has 2 nitrogen and oxygen atoms in total. The SMILES string of the molecule is Cc1cccc(Cn2c(C)c(-c3ncc(Br)s3)c3ccccc32)c1. The highest BCUT2D eigenvalue weighted by molar-refractivity contribution is 9.11. The molecule has 120 valence electrons. The van der Waals surface area contributed by atoms with E-state index in [1.165, 1.54) is 33.3 Å². The predicted molar refractivity (Wildman–Crippen MR) is 106 cm³/mol. The second-order valence-corrected chi connectivity index (χ2v) is 8.43. The first kappa shape index (κ1) is 15.6. The summed E-state index contributed by atoms with van der Waals surface area (Å²) < 4.78 is 3.46. The molecule has 0 aliphatic carbocycles. The molecule has 0 saturated carbocycles. The average Bonchev–Trinajstić information content (AvgIpc) is 3.10. The Labute approximate surface area is 153 Å². The lowest BCUT2D eigenvalue weighted by Crippen LogP contribution is -2.02. The Hall–Kier alpha value is -1.91. The van der Waals surface area contributed by atoms with Crippen molar-refractivity contribution in [2.75, 3.05) is 0 Å². The number of aromatic nitrogens is 2. The normalized spacial score (nSPS) is 11.3. The van der Waals surface area contributed by atoms with E-state index in [4.69, 9.17) is 0 Å². The van der Waals surface area contributed by atoms with Gasteiger partial charge in [-0.05, 0) is 41.4 Å². The topological polar surface area (TPSA) is 17.8 Å². The maximum Gasteiger partial charge on any atom is 0.126 e. The van der Waals surface area contributed by atoms with Gasteiger partial charge in [-0.2, -0.15) is 0 Å². The summed E-state index contributed by atoms with van der Waals surface area (Å²) in [5.41, 5.74) is 6.39. The van der Waals surface area contributed by atoms with Crippen LogP contribution in [-0.4, -0.2) is 9.55 Å². The van der Waals surface area contributed by atoms with Gasteiger partial charge in [-0.25, -0.2) is 4.98 Å². The molecule has 0 amide bonds.